The first-order valence-electron chi connectivity index (χ1n) is 7.33. The fraction of sp³-hybridized carbons (Fsp3) is 0.167. The van der Waals surface area contributed by atoms with Crippen LogP contribution in [0.5, 0.6) is 11.5 Å². The smallest absolute Gasteiger partial charge is 0.239 e. The first-order chi connectivity index (χ1) is 12.5. The molecule has 0 aromatic heterocycles. The Bertz CT molecular complexity index is 876. The fourth-order valence-corrected chi connectivity index (χ4v) is 2.83. The molecule has 1 N–H and O–H groups in total. The normalized spacial score (nSPS) is 10.8. The summed E-state index contributed by atoms with van der Waals surface area (Å²) in [5.74, 6) is -0.379. The van der Waals surface area contributed by atoms with Crippen molar-refractivity contribution in [3.8, 4) is 17.6 Å². The van der Waals surface area contributed by atoms with Gasteiger partial charge in [0.2, 0.25) is 5.90 Å². The van der Waals surface area contributed by atoms with Gasteiger partial charge in [0.1, 0.15) is 5.75 Å². The standard InChI is InChI=1S/C18H16FN3O3S/c1-23-13-8-14(24-2)16(19)15(9-13)26-18(17(21)25-3)22-12-6-4-11(10-20)5-7-12/h4-9,21H,1-3H3. The number of nitrogens with one attached hydrogen (secondary N) is 1. The molecule has 0 saturated heterocycles. The van der Waals surface area contributed by atoms with Gasteiger partial charge in [-0.2, -0.15) is 5.26 Å². The van der Waals surface area contributed by atoms with Crippen molar-refractivity contribution in [3.05, 3.63) is 47.8 Å². The number of hydrogen-bond acceptors (Lipinski definition) is 7. The molecule has 0 amide bonds. The Hall–Kier alpha value is -3.05. The van der Waals surface area contributed by atoms with E-state index in [2.05, 4.69) is 4.99 Å². The van der Waals surface area contributed by atoms with Gasteiger partial charge in [0, 0.05) is 6.07 Å². The lowest BCUT2D eigenvalue weighted by Gasteiger charge is -2.11. The Morgan fingerprint density at radius 1 is 1.15 bits per heavy atom. The van der Waals surface area contributed by atoms with E-state index in [4.69, 9.17) is 24.9 Å². The van der Waals surface area contributed by atoms with E-state index in [0.717, 1.165) is 11.8 Å². The maximum atomic E-state index is 14.6. The van der Waals surface area contributed by atoms with Gasteiger partial charge in [0.05, 0.1) is 43.5 Å². The van der Waals surface area contributed by atoms with E-state index >= 15 is 0 Å². The van der Waals surface area contributed by atoms with Gasteiger partial charge in [-0.15, -0.1) is 0 Å². The molecule has 6 nitrogen and oxygen atoms in total. The number of halogens is 1. The lowest BCUT2D eigenvalue weighted by Crippen LogP contribution is -2.11. The largest absolute Gasteiger partial charge is 0.497 e. The average molecular weight is 373 g/mol. The van der Waals surface area contributed by atoms with Crippen LogP contribution in [0, 0.1) is 22.6 Å². The molecule has 0 radical (unpaired) electrons. The fourth-order valence-electron chi connectivity index (χ4n) is 1.93. The molecule has 26 heavy (non-hydrogen) atoms. The Balaban J connectivity index is 2.44. The van der Waals surface area contributed by atoms with E-state index in [1.54, 1.807) is 24.3 Å². The Morgan fingerprint density at radius 2 is 1.85 bits per heavy atom. The summed E-state index contributed by atoms with van der Waals surface area (Å²) in [6.07, 6.45) is 0. The van der Waals surface area contributed by atoms with E-state index in [1.165, 1.54) is 33.5 Å². The van der Waals surface area contributed by atoms with Crippen molar-refractivity contribution >= 4 is 28.4 Å². The number of methoxy groups -OCH3 is 3. The van der Waals surface area contributed by atoms with Crippen LogP contribution in [0.1, 0.15) is 5.56 Å². The lowest BCUT2D eigenvalue weighted by molar-refractivity contribution is 0.368. The maximum absolute atomic E-state index is 14.6. The predicted octanol–water partition coefficient (Wildman–Crippen LogP) is 4.16. The number of thioether (sulfide) groups is 1. The van der Waals surface area contributed by atoms with Gasteiger partial charge >= 0.3 is 0 Å². The molecule has 0 fully saturated rings. The molecule has 0 unspecified atom stereocenters. The highest BCUT2D eigenvalue weighted by Gasteiger charge is 2.18. The summed E-state index contributed by atoms with van der Waals surface area (Å²) in [4.78, 5) is 4.50. The highest BCUT2D eigenvalue weighted by molar-refractivity contribution is 8.15. The van der Waals surface area contributed by atoms with Crippen LogP contribution < -0.4 is 9.47 Å². The molecule has 0 aliphatic heterocycles. The summed E-state index contributed by atoms with van der Waals surface area (Å²) in [5.41, 5.74) is 0.993. The molecule has 8 heteroatoms. The third-order valence-corrected chi connectivity index (χ3v) is 4.25. The van der Waals surface area contributed by atoms with Crippen LogP contribution in [0.15, 0.2) is 46.3 Å². The molecular weight excluding hydrogens is 357 g/mol. The minimum Gasteiger partial charge on any atom is -0.497 e. The Labute approximate surface area is 154 Å². The Kier molecular flexibility index (Phi) is 6.58. The van der Waals surface area contributed by atoms with E-state index < -0.39 is 5.82 Å². The molecule has 0 aliphatic carbocycles. The highest BCUT2D eigenvalue weighted by atomic mass is 32.2. The van der Waals surface area contributed by atoms with Crippen molar-refractivity contribution in [2.45, 2.75) is 4.90 Å². The van der Waals surface area contributed by atoms with Crippen molar-refractivity contribution in [2.75, 3.05) is 21.3 Å². The monoisotopic (exact) mass is 373 g/mol. The third-order valence-electron chi connectivity index (χ3n) is 3.27. The molecule has 0 aliphatic rings. The van der Waals surface area contributed by atoms with Gasteiger partial charge in [-0.05, 0) is 30.3 Å². The average Bonchev–Trinajstić information content (AvgIpc) is 2.68. The van der Waals surface area contributed by atoms with Gasteiger partial charge in [-0.1, -0.05) is 11.8 Å². The molecule has 0 atom stereocenters. The molecule has 2 aromatic carbocycles. The SMILES string of the molecule is COC(=N)C(=Nc1ccc(C#N)cc1)Sc1cc(OC)cc(OC)c1F. The van der Waals surface area contributed by atoms with Crippen molar-refractivity contribution < 1.29 is 18.6 Å². The van der Waals surface area contributed by atoms with E-state index in [1.807, 2.05) is 6.07 Å². The summed E-state index contributed by atoms with van der Waals surface area (Å²) in [5, 5.41) is 16.9. The topological polar surface area (TPSA) is 87.7 Å². The zero-order valence-electron chi connectivity index (χ0n) is 14.4. The minimum atomic E-state index is -0.588. The number of hydrogen-bond donors (Lipinski definition) is 1. The van der Waals surface area contributed by atoms with Crippen LogP contribution in [0.2, 0.25) is 0 Å². The second kappa shape index (κ2) is 8.87. The molecule has 0 bridgehead atoms. The van der Waals surface area contributed by atoms with Gasteiger partial charge in [-0.3, -0.25) is 5.41 Å². The quantitative estimate of drug-likeness (QED) is 0.494. The highest BCUT2D eigenvalue weighted by Crippen LogP contribution is 2.35. The van der Waals surface area contributed by atoms with E-state index in [0.29, 0.717) is 17.0 Å². The van der Waals surface area contributed by atoms with Crippen LogP contribution in [0.3, 0.4) is 0 Å². The maximum Gasteiger partial charge on any atom is 0.239 e. The summed E-state index contributed by atoms with van der Waals surface area (Å²) in [7, 11) is 4.15. The first-order valence-corrected chi connectivity index (χ1v) is 8.15. The number of rotatable bonds is 4. The first kappa shape index (κ1) is 19.3. The molecule has 0 heterocycles. The van der Waals surface area contributed by atoms with Gasteiger partial charge in [0.25, 0.3) is 0 Å². The van der Waals surface area contributed by atoms with Gasteiger partial charge in [-0.25, -0.2) is 9.38 Å². The third kappa shape index (κ3) is 4.52. The zero-order valence-corrected chi connectivity index (χ0v) is 15.2. The summed E-state index contributed by atoms with van der Waals surface area (Å²) in [6.45, 7) is 0. The number of nitriles is 1. The summed E-state index contributed by atoms with van der Waals surface area (Å²) in [6, 6.07) is 11.4. The molecule has 2 rings (SSSR count). The van der Waals surface area contributed by atoms with E-state index in [9.17, 15) is 4.39 Å². The van der Waals surface area contributed by atoms with Crippen molar-refractivity contribution in [2.24, 2.45) is 4.99 Å². The molecular formula is C18H16FN3O3S. The minimum absolute atomic E-state index is 0.0218. The van der Waals surface area contributed by atoms with Crippen LogP contribution in [0.25, 0.3) is 0 Å². The molecule has 0 saturated carbocycles. The van der Waals surface area contributed by atoms with E-state index in [-0.39, 0.29) is 21.6 Å². The van der Waals surface area contributed by atoms with Crippen molar-refractivity contribution in [1.82, 2.24) is 0 Å². The second-order valence-electron chi connectivity index (χ2n) is 4.85. The number of aliphatic imine (C=N–C) groups is 1. The predicted molar refractivity (Wildman–Crippen MR) is 98.3 cm³/mol. The molecule has 134 valence electrons. The second-order valence-corrected chi connectivity index (χ2v) is 5.88. The van der Waals surface area contributed by atoms with Crippen LogP contribution in [-0.2, 0) is 4.74 Å². The molecule has 0 spiro atoms. The van der Waals surface area contributed by atoms with Crippen molar-refractivity contribution in [1.29, 1.82) is 10.7 Å². The van der Waals surface area contributed by atoms with Crippen molar-refractivity contribution in [3.63, 3.8) is 0 Å². The summed E-state index contributed by atoms with van der Waals surface area (Å²) >= 11 is 0.912. The summed E-state index contributed by atoms with van der Waals surface area (Å²) < 4.78 is 29.7. The lowest BCUT2D eigenvalue weighted by atomic mass is 10.2. The van der Waals surface area contributed by atoms with Gasteiger partial charge in [0.15, 0.2) is 16.6 Å². The van der Waals surface area contributed by atoms with Crippen LogP contribution >= 0.6 is 11.8 Å². The number of benzene rings is 2. The van der Waals surface area contributed by atoms with Crippen LogP contribution in [-0.4, -0.2) is 32.3 Å². The number of nitrogens with zero attached hydrogens (tertiary/aromatic N) is 2. The molecule has 2 aromatic rings. The zero-order chi connectivity index (χ0) is 19.1. The van der Waals surface area contributed by atoms with Gasteiger partial charge < -0.3 is 14.2 Å². The Morgan fingerprint density at radius 3 is 2.38 bits per heavy atom. The number of ether oxygens (including phenoxy) is 3. The van der Waals surface area contributed by atoms with Crippen LogP contribution in [0.4, 0.5) is 10.1 Å².